The van der Waals surface area contributed by atoms with Gasteiger partial charge in [0.1, 0.15) is 0 Å². The molecule has 0 aromatic heterocycles. The van der Waals surface area contributed by atoms with E-state index in [1.165, 1.54) is 25.3 Å². The topological polar surface area (TPSA) is 29.1 Å². The summed E-state index contributed by atoms with van der Waals surface area (Å²) < 4.78 is 0. The van der Waals surface area contributed by atoms with Crippen LogP contribution in [0.5, 0.6) is 0 Å². The maximum atomic E-state index is 10.6. The van der Waals surface area contributed by atoms with Crippen molar-refractivity contribution in [3.05, 3.63) is 60.2 Å². The summed E-state index contributed by atoms with van der Waals surface area (Å²) in [4.78, 5) is 10.6. The second kappa shape index (κ2) is 10.1. The van der Waals surface area contributed by atoms with Gasteiger partial charge in [0.15, 0.2) is 0 Å². The molecule has 1 amide bonds. The van der Waals surface area contributed by atoms with Crippen LogP contribution in [0.25, 0.3) is 0 Å². The number of carbonyl (C=O) groups is 1. The molecule has 1 aromatic carbocycles. The zero-order valence-corrected chi connectivity index (χ0v) is 11.6. The van der Waals surface area contributed by atoms with E-state index < -0.39 is 0 Å². The molecule has 0 saturated carbocycles. The molecule has 2 heteroatoms. The highest BCUT2D eigenvalue weighted by Crippen LogP contribution is 2.06. The first-order chi connectivity index (χ1) is 9.29. The zero-order chi connectivity index (χ0) is 13.8. The Kier molecular flexibility index (Phi) is 8.12. The van der Waals surface area contributed by atoms with Gasteiger partial charge < -0.3 is 5.32 Å². The molecule has 0 aliphatic heterocycles. The summed E-state index contributed by atoms with van der Waals surface area (Å²) >= 11 is 0. The molecule has 0 spiro atoms. The maximum Gasteiger partial charge on any atom is 0.217 e. The van der Waals surface area contributed by atoms with E-state index in [9.17, 15) is 4.79 Å². The SMILES string of the molecule is CC(=O)NCC=CC=CCCCCc1ccccc1. The summed E-state index contributed by atoms with van der Waals surface area (Å²) in [6.07, 6.45) is 12.9. The van der Waals surface area contributed by atoms with Crippen molar-refractivity contribution < 1.29 is 4.79 Å². The van der Waals surface area contributed by atoms with Crippen molar-refractivity contribution >= 4 is 5.91 Å². The molecule has 0 bridgehead atoms. The van der Waals surface area contributed by atoms with Crippen LogP contribution >= 0.6 is 0 Å². The van der Waals surface area contributed by atoms with Crippen molar-refractivity contribution in [3.63, 3.8) is 0 Å². The predicted molar refractivity (Wildman–Crippen MR) is 81.0 cm³/mol. The number of benzene rings is 1. The van der Waals surface area contributed by atoms with Crippen molar-refractivity contribution in [3.8, 4) is 0 Å². The van der Waals surface area contributed by atoms with Crippen LogP contribution in [-0.4, -0.2) is 12.5 Å². The normalized spacial score (nSPS) is 11.2. The molecule has 0 aliphatic carbocycles. The Morgan fingerprint density at radius 3 is 2.58 bits per heavy atom. The van der Waals surface area contributed by atoms with E-state index in [4.69, 9.17) is 0 Å². The third-order valence-corrected chi connectivity index (χ3v) is 2.78. The number of rotatable bonds is 8. The minimum Gasteiger partial charge on any atom is -0.353 e. The van der Waals surface area contributed by atoms with E-state index in [1.54, 1.807) is 0 Å². The number of unbranched alkanes of at least 4 members (excludes halogenated alkanes) is 2. The third kappa shape index (κ3) is 8.83. The van der Waals surface area contributed by atoms with Gasteiger partial charge in [-0.25, -0.2) is 0 Å². The van der Waals surface area contributed by atoms with Gasteiger partial charge in [-0.1, -0.05) is 54.6 Å². The van der Waals surface area contributed by atoms with E-state index in [1.807, 2.05) is 18.2 Å². The van der Waals surface area contributed by atoms with Crippen LogP contribution < -0.4 is 5.32 Å². The molecule has 1 N–H and O–H groups in total. The molecule has 102 valence electrons. The lowest BCUT2D eigenvalue weighted by Gasteiger charge is -1.99. The van der Waals surface area contributed by atoms with Crippen molar-refractivity contribution in [2.45, 2.75) is 32.6 Å². The highest BCUT2D eigenvalue weighted by Gasteiger charge is 1.90. The Labute approximate surface area is 116 Å². The fourth-order valence-corrected chi connectivity index (χ4v) is 1.76. The number of carbonyl (C=O) groups excluding carboxylic acids is 1. The van der Waals surface area contributed by atoms with Crippen molar-refractivity contribution in [1.82, 2.24) is 5.32 Å². The molecule has 1 aromatic rings. The second-order valence-electron chi connectivity index (χ2n) is 4.52. The lowest BCUT2D eigenvalue weighted by atomic mass is 10.1. The molecule has 0 fully saturated rings. The average molecular weight is 257 g/mol. The molecular weight excluding hydrogens is 234 g/mol. The fraction of sp³-hybridized carbons (Fsp3) is 0.353. The summed E-state index contributed by atoms with van der Waals surface area (Å²) in [5.41, 5.74) is 1.42. The molecule has 0 heterocycles. The number of nitrogens with one attached hydrogen (secondary N) is 1. The Bertz CT molecular complexity index is 407. The minimum absolute atomic E-state index is 0.00883. The van der Waals surface area contributed by atoms with Crippen LogP contribution in [0, 0.1) is 0 Å². The average Bonchev–Trinajstić information content (AvgIpc) is 2.42. The number of aryl methyl sites for hydroxylation is 1. The summed E-state index contributed by atoms with van der Waals surface area (Å²) in [6.45, 7) is 2.13. The lowest BCUT2D eigenvalue weighted by molar-refractivity contribution is -0.118. The van der Waals surface area contributed by atoms with Gasteiger partial charge in [-0.15, -0.1) is 0 Å². The first kappa shape index (κ1) is 15.2. The highest BCUT2D eigenvalue weighted by molar-refractivity contribution is 5.72. The molecule has 0 aliphatic rings. The summed E-state index contributed by atoms with van der Waals surface area (Å²) in [5, 5.41) is 2.72. The summed E-state index contributed by atoms with van der Waals surface area (Å²) in [7, 11) is 0. The summed E-state index contributed by atoms with van der Waals surface area (Å²) in [6, 6.07) is 10.6. The van der Waals surface area contributed by atoms with Gasteiger partial charge in [-0.2, -0.15) is 0 Å². The molecule has 0 unspecified atom stereocenters. The van der Waals surface area contributed by atoms with E-state index in [2.05, 4.69) is 41.7 Å². The van der Waals surface area contributed by atoms with Gasteiger partial charge in [-0.3, -0.25) is 4.79 Å². The van der Waals surface area contributed by atoms with Gasteiger partial charge in [0.05, 0.1) is 0 Å². The molecule has 0 radical (unpaired) electrons. The molecule has 2 nitrogen and oxygen atoms in total. The molecule has 0 atom stereocenters. The van der Waals surface area contributed by atoms with Crippen LogP contribution in [0.15, 0.2) is 54.6 Å². The maximum absolute atomic E-state index is 10.6. The molecule has 1 rings (SSSR count). The van der Waals surface area contributed by atoms with Crippen LogP contribution in [0.4, 0.5) is 0 Å². The number of hydrogen-bond acceptors (Lipinski definition) is 1. The van der Waals surface area contributed by atoms with E-state index in [0.717, 1.165) is 12.8 Å². The number of hydrogen-bond donors (Lipinski definition) is 1. The van der Waals surface area contributed by atoms with Crippen molar-refractivity contribution in [2.24, 2.45) is 0 Å². The van der Waals surface area contributed by atoms with Gasteiger partial charge >= 0.3 is 0 Å². The van der Waals surface area contributed by atoms with Crippen LogP contribution in [-0.2, 0) is 11.2 Å². The zero-order valence-electron chi connectivity index (χ0n) is 11.6. The van der Waals surface area contributed by atoms with E-state index in [0.29, 0.717) is 6.54 Å². The van der Waals surface area contributed by atoms with Crippen LogP contribution in [0.1, 0.15) is 31.7 Å². The first-order valence-corrected chi connectivity index (χ1v) is 6.89. The number of allylic oxidation sites excluding steroid dienone is 3. The van der Waals surface area contributed by atoms with Crippen molar-refractivity contribution in [1.29, 1.82) is 0 Å². The standard InChI is InChI=1S/C17H23NO/c1-16(19)18-15-11-6-4-2-3-5-8-12-17-13-9-7-10-14-17/h2,4,6-7,9-11,13-14H,3,5,8,12,15H2,1H3,(H,18,19). The first-order valence-electron chi connectivity index (χ1n) is 6.89. The van der Waals surface area contributed by atoms with Gasteiger partial charge in [0.25, 0.3) is 0 Å². The van der Waals surface area contributed by atoms with Crippen LogP contribution in [0.2, 0.25) is 0 Å². The lowest BCUT2D eigenvalue weighted by Crippen LogP contribution is -2.19. The third-order valence-electron chi connectivity index (χ3n) is 2.78. The largest absolute Gasteiger partial charge is 0.353 e. The van der Waals surface area contributed by atoms with Gasteiger partial charge in [0, 0.05) is 13.5 Å². The van der Waals surface area contributed by atoms with Crippen LogP contribution in [0.3, 0.4) is 0 Å². The van der Waals surface area contributed by atoms with Crippen molar-refractivity contribution in [2.75, 3.05) is 6.54 Å². The Hall–Kier alpha value is -1.83. The predicted octanol–water partition coefficient (Wildman–Crippen LogP) is 3.65. The Balaban J connectivity index is 2.00. The Morgan fingerprint density at radius 1 is 1.11 bits per heavy atom. The second-order valence-corrected chi connectivity index (χ2v) is 4.52. The van der Waals surface area contributed by atoms with E-state index in [-0.39, 0.29) is 5.91 Å². The summed E-state index contributed by atoms with van der Waals surface area (Å²) in [5.74, 6) is 0.00883. The Morgan fingerprint density at radius 2 is 1.84 bits per heavy atom. The van der Waals surface area contributed by atoms with Gasteiger partial charge in [0.2, 0.25) is 5.91 Å². The highest BCUT2D eigenvalue weighted by atomic mass is 16.1. The fourth-order valence-electron chi connectivity index (χ4n) is 1.76. The molecular formula is C17H23NO. The smallest absolute Gasteiger partial charge is 0.217 e. The quantitative estimate of drug-likeness (QED) is 0.559. The number of amides is 1. The molecule has 19 heavy (non-hydrogen) atoms. The van der Waals surface area contributed by atoms with Gasteiger partial charge in [-0.05, 0) is 31.2 Å². The monoisotopic (exact) mass is 257 g/mol. The minimum atomic E-state index is 0.00883. The van der Waals surface area contributed by atoms with E-state index >= 15 is 0 Å². The molecule has 0 saturated heterocycles.